The van der Waals surface area contributed by atoms with E-state index in [9.17, 15) is 14.4 Å². The molecule has 0 unspecified atom stereocenters. The van der Waals surface area contributed by atoms with Gasteiger partial charge in [-0.1, -0.05) is 71.7 Å². The van der Waals surface area contributed by atoms with E-state index in [0.29, 0.717) is 26.9 Å². The quantitative estimate of drug-likeness (QED) is 0.484. The zero-order chi connectivity index (χ0) is 25.8. The molecule has 3 aromatic rings. The highest BCUT2D eigenvalue weighted by Gasteiger charge is 2.40. The average molecular weight is 528 g/mol. The first-order valence-electron chi connectivity index (χ1n) is 11.0. The lowest BCUT2D eigenvalue weighted by Gasteiger charge is -2.31. The van der Waals surface area contributed by atoms with E-state index < -0.39 is 36.8 Å². The van der Waals surface area contributed by atoms with Crippen LogP contribution in [-0.2, 0) is 20.9 Å². The van der Waals surface area contributed by atoms with Crippen molar-refractivity contribution >= 4 is 46.8 Å². The topological polar surface area (TPSA) is 99.2 Å². The SMILES string of the molecule is CN(C(=O)NCC(=O)O)[C@H]1O[C@H](c2ccccc2Cl)c2cc(Cl)ccc2N(Cc2ccccc2)C1=O. The molecule has 0 fully saturated rings. The number of hydrogen-bond donors (Lipinski definition) is 2. The van der Waals surface area contributed by atoms with Gasteiger partial charge < -0.3 is 20.1 Å². The Morgan fingerprint density at radius 1 is 1.03 bits per heavy atom. The molecule has 2 N–H and O–H groups in total. The summed E-state index contributed by atoms with van der Waals surface area (Å²) in [7, 11) is 1.37. The number of halogens is 2. The maximum absolute atomic E-state index is 13.9. The second-order valence-corrected chi connectivity index (χ2v) is 9.01. The number of carbonyl (C=O) groups excluding carboxylic acids is 2. The van der Waals surface area contributed by atoms with Crippen LogP contribution in [0.25, 0.3) is 0 Å². The number of fused-ring (bicyclic) bond motifs is 1. The van der Waals surface area contributed by atoms with Crippen LogP contribution in [0, 0.1) is 0 Å². The van der Waals surface area contributed by atoms with Gasteiger partial charge in [-0.2, -0.15) is 0 Å². The summed E-state index contributed by atoms with van der Waals surface area (Å²) in [6, 6.07) is 20.8. The molecule has 4 rings (SSSR count). The zero-order valence-corrected chi connectivity index (χ0v) is 20.7. The van der Waals surface area contributed by atoms with Crippen molar-refractivity contribution in [3.63, 3.8) is 0 Å². The lowest BCUT2D eigenvalue weighted by Crippen LogP contribution is -2.53. The number of carbonyl (C=O) groups is 3. The summed E-state index contributed by atoms with van der Waals surface area (Å²) in [5, 5.41) is 12.1. The van der Waals surface area contributed by atoms with Crippen LogP contribution in [0.1, 0.15) is 22.8 Å². The molecule has 0 bridgehead atoms. The van der Waals surface area contributed by atoms with Crippen LogP contribution in [0.4, 0.5) is 10.5 Å². The van der Waals surface area contributed by atoms with Gasteiger partial charge in [-0.15, -0.1) is 0 Å². The van der Waals surface area contributed by atoms with Crippen molar-refractivity contribution in [2.75, 3.05) is 18.5 Å². The first-order valence-corrected chi connectivity index (χ1v) is 11.8. The smallest absolute Gasteiger partial charge is 0.323 e. The highest BCUT2D eigenvalue weighted by Crippen LogP contribution is 2.42. The number of nitrogens with one attached hydrogen (secondary N) is 1. The average Bonchev–Trinajstić information content (AvgIpc) is 2.98. The van der Waals surface area contributed by atoms with Gasteiger partial charge in [0.15, 0.2) is 0 Å². The van der Waals surface area contributed by atoms with E-state index in [0.717, 1.165) is 10.5 Å². The van der Waals surface area contributed by atoms with Crippen LogP contribution in [-0.4, -0.2) is 47.7 Å². The Labute approximate surface area is 218 Å². The molecule has 3 amide bonds. The number of hydrogen-bond acceptors (Lipinski definition) is 4. The normalized spacial score (nSPS) is 17.2. The van der Waals surface area contributed by atoms with E-state index in [-0.39, 0.29) is 6.54 Å². The number of benzene rings is 3. The summed E-state index contributed by atoms with van der Waals surface area (Å²) in [6.45, 7) is -0.407. The lowest BCUT2D eigenvalue weighted by atomic mass is 9.99. The van der Waals surface area contributed by atoms with E-state index in [1.807, 2.05) is 30.3 Å². The molecule has 0 aliphatic carbocycles. The Hall–Kier alpha value is -3.59. The largest absolute Gasteiger partial charge is 0.480 e. The summed E-state index contributed by atoms with van der Waals surface area (Å²) < 4.78 is 6.31. The third kappa shape index (κ3) is 5.46. The summed E-state index contributed by atoms with van der Waals surface area (Å²) >= 11 is 12.9. The molecule has 0 spiro atoms. The zero-order valence-electron chi connectivity index (χ0n) is 19.2. The van der Waals surface area contributed by atoms with Gasteiger partial charge in [0, 0.05) is 28.2 Å². The van der Waals surface area contributed by atoms with Crippen molar-refractivity contribution in [2.45, 2.75) is 18.9 Å². The minimum absolute atomic E-state index is 0.202. The third-order valence-electron chi connectivity index (χ3n) is 5.74. The number of urea groups is 1. The number of carboxylic acids is 1. The molecule has 36 heavy (non-hydrogen) atoms. The summed E-state index contributed by atoms with van der Waals surface area (Å²) in [5.74, 6) is -1.73. The minimum Gasteiger partial charge on any atom is -0.480 e. The van der Waals surface area contributed by atoms with Crippen LogP contribution in [0.2, 0.25) is 10.0 Å². The standard InChI is InChI=1S/C26H23Cl2N3O5/c1-30(26(35)29-14-22(32)33)25-24(34)31(15-16-7-3-2-4-8-16)21-12-11-17(27)13-19(21)23(36-25)18-9-5-6-10-20(18)28/h2-13,23,25H,14-15H2,1H3,(H,29,35)(H,32,33)/t23-,25+/m1/s1. The maximum atomic E-state index is 13.9. The van der Waals surface area contributed by atoms with Crippen LogP contribution in [0.3, 0.4) is 0 Å². The van der Waals surface area contributed by atoms with Gasteiger partial charge in [0.1, 0.15) is 12.6 Å². The van der Waals surface area contributed by atoms with Crippen molar-refractivity contribution in [3.05, 3.63) is 99.5 Å². The van der Waals surface area contributed by atoms with E-state index in [1.54, 1.807) is 42.5 Å². The first kappa shape index (κ1) is 25.5. The Morgan fingerprint density at radius 3 is 2.42 bits per heavy atom. The molecule has 0 aromatic heterocycles. The van der Waals surface area contributed by atoms with E-state index >= 15 is 0 Å². The van der Waals surface area contributed by atoms with Gasteiger partial charge in [-0.05, 0) is 29.8 Å². The van der Waals surface area contributed by atoms with Crippen LogP contribution < -0.4 is 10.2 Å². The van der Waals surface area contributed by atoms with E-state index in [1.165, 1.54) is 11.9 Å². The molecule has 186 valence electrons. The van der Waals surface area contributed by atoms with Gasteiger partial charge in [-0.25, -0.2) is 4.79 Å². The Morgan fingerprint density at radius 2 is 1.72 bits per heavy atom. The Balaban J connectivity index is 1.84. The van der Waals surface area contributed by atoms with Crippen molar-refractivity contribution in [2.24, 2.45) is 0 Å². The number of likely N-dealkylation sites (N-methyl/N-ethyl adjacent to an activating group) is 1. The van der Waals surface area contributed by atoms with Crippen LogP contribution in [0.5, 0.6) is 0 Å². The molecule has 10 heteroatoms. The molecule has 0 radical (unpaired) electrons. The van der Waals surface area contributed by atoms with Gasteiger partial charge >= 0.3 is 12.0 Å². The number of carboxylic acid groups (broad SMARTS) is 1. The molecular formula is C26H23Cl2N3O5. The van der Waals surface area contributed by atoms with Gasteiger partial charge in [0.25, 0.3) is 5.91 Å². The predicted molar refractivity (Wildman–Crippen MR) is 136 cm³/mol. The van der Waals surface area contributed by atoms with Crippen LogP contribution >= 0.6 is 23.2 Å². The molecule has 1 aliphatic heterocycles. The Bertz CT molecular complexity index is 1290. The molecule has 0 saturated carbocycles. The number of ether oxygens (including phenoxy) is 1. The molecule has 1 heterocycles. The van der Waals surface area contributed by atoms with E-state index in [2.05, 4.69) is 5.32 Å². The highest BCUT2D eigenvalue weighted by molar-refractivity contribution is 6.31. The number of amides is 3. The second kappa shape index (κ2) is 11.0. The fourth-order valence-corrected chi connectivity index (χ4v) is 4.41. The van der Waals surface area contributed by atoms with Crippen LogP contribution in [0.15, 0.2) is 72.8 Å². The number of aliphatic carboxylic acids is 1. The Kier molecular flexibility index (Phi) is 7.79. The second-order valence-electron chi connectivity index (χ2n) is 8.17. The highest BCUT2D eigenvalue weighted by atomic mass is 35.5. The molecule has 1 aliphatic rings. The lowest BCUT2D eigenvalue weighted by molar-refractivity contribution is -0.142. The van der Waals surface area contributed by atoms with E-state index in [4.69, 9.17) is 33.0 Å². The van der Waals surface area contributed by atoms with Gasteiger partial charge in [0.2, 0.25) is 6.23 Å². The number of rotatable bonds is 6. The summed E-state index contributed by atoms with van der Waals surface area (Å²) in [4.78, 5) is 40.2. The third-order valence-corrected chi connectivity index (χ3v) is 6.32. The predicted octanol–water partition coefficient (Wildman–Crippen LogP) is 4.70. The van der Waals surface area contributed by atoms with Gasteiger partial charge in [0.05, 0.1) is 12.2 Å². The number of anilines is 1. The maximum Gasteiger partial charge on any atom is 0.323 e. The van der Waals surface area contributed by atoms with Crippen molar-refractivity contribution in [3.8, 4) is 0 Å². The van der Waals surface area contributed by atoms with Gasteiger partial charge in [-0.3, -0.25) is 14.5 Å². The molecule has 3 aromatic carbocycles. The summed E-state index contributed by atoms with van der Waals surface area (Å²) in [6.07, 6.45) is -2.24. The molecule has 0 saturated heterocycles. The molecule has 2 atom stereocenters. The van der Waals surface area contributed by atoms with Crippen molar-refractivity contribution in [1.82, 2.24) is 10.2 Å². The fraction of sp³-hybridized carbons (Fsp3) is 0.192. The van der Waals surface area contributed by atoms with Crippen molar-refractivity contribution in [1.29, 1.82) is 0 Å². The molecule has 8 nitrogen and oxygen atoms in total. The van der Waals surface area contributed by atoms with Crippen molar-refractivity contribution < 1.29 is 24.2 Å². The fourth-order valence-electron chi connectivity index (χ4n) is 3.99. The number of nitrogens with zero attached hydrogens (tertiary/aromatic N) is 2. The monoisotopic (exact) mass is 527 g/mol. The summed E-state index contributed by atoms with van der Waals surface area (Å²) in [5.41, 5.74) is 2.60. The minimum atomic E-state index is -1.39. The molecular weight excluding hydrogens is 505 g/mol. The first-order chi connectivity index (χ1) is 17.3.